The minimum absolute atomic E-state index is 0.365. The van der Waals surface area contributed by atoms with Crippen LogP contribution in [-0.2, 0) is 6.54 Å². The lowest BCUT2D eigenvalue weighted by Gasteiger charge is -2.32. The molecule has 0 aromatic heterocycles. The topological polar surface area (TPSA) is 52.6 Å². The van der Waals surface area contributed by atoms with Crippen LogP contribution in [-0.4, -0.2) is 41.7 Å². The van der Waals surface area contributed by atoms with Gasteiger partial charge in [-0.2, -0.15) is 0 Å². The third kappa shape index (κ3) is 5.14. The van der Waals surface area contributed by atoms with Gasteiger partial charge < -0.3 is 15.3 Å². The maximum Gasteiger partial charge on any atom is 0.335 e. The number of aromatic carboxylic acids is 1. The van der Waals surface area contributed by atoms with E-state index in [-0.39, 0.29) is 0 Å². The number of likely N-dealkylation sites (tertiary alicyclic amines) is 1. The zero-order valence-electron chi connectivity index (χ0n) is 12.8. The molecule has 2 rings (SSSR count). The number of rotatable bonds is 7. The van der Waals surface area contributed by atoms with E-state index in [1.165, 1.54) is 45.3 Å². The molecule has 0 unspecified atom stereocenters. The fourth-order valence-corrected chi connectivity index (χ4v) is 2.82. The van der Waals surface area contributed by atoms with Crippen LogP contribution in [0.3, 0.4) is 0 Å². The predicted molar refractivity (Wildman–Crippen MR) is 84.6 cm³/mol. The van der Waals surface area contributed by atoms with E-state index in [9.17, 15) is 4.79 Å². The Labute approximate surface area is 127 Å². The van der Waals surface area contributed by atoms with Crippen LogP contribution >= 0.6 is 0 Å². The average Bonchev–Trinajstić information content (AvgIpc) is 2.52. The molecule has 0 radical (unpaired) electrons. The van der Waals surface area contributed by atoms with Gasteiger partial charge in [-0.3, -0.25) is 0 Å². The first-order valence-electron chi connectivity index (χ1n) is 7.97. The second-order valence-corrected chi connectivity index (χ2v) is 5.86. The summed E-state index contributed by atoms with van der Waals surface area (Å²) in [6.07, 6.45) is 4.92. The van der Waals surface area contributed by atoms with Crippen LogP contribution in [0.5, 0.6) is 0 Å². The molecule has 116 valence electrons. The summed E-state index contributed by atoms with van der Waals surface area (Å²) in [7, 11) is 0. The highest BCUT2D eigenvalue weighted by atomic mass is 16.4. The highest BCUT2D eigenvalue weighted by molar-refractivity contribution is 5.87. The molecule has 0 saturated carbocycles. The second kappa shape index (κ2) is 8.15. The molecule has 4 nitrogen and oxygen atoms in total. The van der Waals surface area contributed by atoms with E-state index in [0.717, 1.165) is 12.1 Å². The van der Waals surface area contributed by atoms with Crippen LogP contribution in [0, 0.1) is 0 Å². The van der Waals surface area contributed by atoms with Gasteiger partial charge in [0.05, 0.1) is 5.56 Å². The van der Waals surface area contributed by atoms with Crippen molar-refractivity contribution in [3.8, 4) is 0 Å². The zero-order valence-corrected chi connectivity index (χ0v) is 12.8. The van der Waals surface area contributed by atoms with Crippen molar-refractivity contribution in [1.82, 2.24) is 10.2 Å². The van der Waals surface area contributed by atoms with Crippen LogP contribution in [0.15, 0.2) is 24.3 Å². The number of carbonyl (C=O) groups is 1. The molecular weight excluding hydrogens is 264 g/mol. The van der Waals surface area contributed by atoms with Gasteiger partial charge in [0.1, 0.15) is 0 Å². The Kier molecular flexibility index (Phi) is 6.21. The lowest BCUT2D eigenvalue weighted by molar-refractivity contribution is 0.0696. The largest absolute Gasteiger partial charge is 0.478 e. The van der Waals surface area contributed by atoms with Crippen LogP contribution in [0.25, 0.3) is 0 Å². The van der Waals surface area contributed by atoms with Gasteiger partial charge in [0.25, 0.3) is 0 Å². The van der Waals surface area contributed by atoms with Crippen molar-refractivity contribution < 1.29 is 9.90 Å². The third-order valence-corrected chi connectivity index (χ3v) is 4.18. The Balaban J connectivity index is 1.74. The second-order valence-electron chi connectivity index (χ2n) is 5.86. The van der Waals surface area contributed by atoms with E-state index in [1.807, 2.05) is 12.1 Å². The number of carboxylic acid groups (broad SMARTS) is 1. The number of hydrogen-bond donors (Lipinski definition) is 2. The molecule has 2 N–H and O–H groups in total. The number of benzene rings is 1. The van der Waals surface area contributed by atoms with Gasteiger partial charge in [0.2, 0.25) is 0 Å². The number of hydrogen-bond acceptors (Lipinski definition) is 3. The molecule has 0 atom stereocenters. The Morgan fingerprint density at radius 3 is 2.81 bits per heavy atom. The summed E-state index contributed by atoms with van der Waals surface area (Å²) in [5.74, 6) is -0.860. The number of unbranched alkanes of at least 4 members (excludes halogenated alkanes) is 1. The standard InChI is InChI=1S/C17H26N2O2/c1-2-3-9-19-10-7-16(8-11-19)18-13-14-5-4-6-15(12-14)17(20)21/h4-6,12,16,18H,2-3,7-11,13H2,1H3,(H,20,21). The Morgan fingerprint density at radius 1 is 1.38 bits per heavy atom. The monoisotopic (exact) mass is 290 g/mol. The SMILES string of the molecule is CCCCN1CCC(NCc2cccc(C(=O)O)c2)CC1. The van der Waals surface area contributed by atoms with Crippen LogP contribution in [0.1, 0.15) is 48.5 Å². The highest BCUT2D eigenvalue weighted by Gasteiger charge is 2.18. The predicted octanol–water partition coefficient (Wildman–Crippen LogP) is 2.74. The number of piperidine rings is 1. The minimum Gasteiger partial charge on any atom is -0.478 e. The summed E-state index contributed by atoms with van der Waals surface area (Å²) >= 11 is 0. The van der Waals surface area contributed by atoms with E-state index in [4.69, 9.17) is 5.11 Å². The molecular formula is C17H26N2O2. The Hall–Kier alpha value is -1.39. The summed E-state index contributed by atoms with van der Waals surface area (Å²) < 4.78 is 0. The van der Waals surface area contributed by atoms with Gasteiger partial charge in [-0.1, -0.05) is 25.5 Å². The first kappa shape index (κ1) is 16.0. The molecule has 0 aliphatic carbocycles. The lowest BCUT2D eigenvalue weighted by Crippen LogP contribution is -2.42. The maximum absolute atomic E-state index is 11.0. The van der Waals surface area contributed by atoms with E-state index in [1.54, 1.807) is 12.1 Å². The zero-order chi connectivity index (χ0) is 15.1. The maximum atomic E-state index is 11.0. The van der Waals surface area contributed by atoms with Crippen molar-refractivity contribution in [1.29, 1.82) is 0 Å². The fraction of sp³-hybridized carbons (Fsp3) is 0.588. The molecule has 21 heavy (non-hydrogen) atoms. The number of nitrogens with zero attached hydrogens (tertiary/aromatic N) is 1. The third-order valence-electron chi connectivity index (χ3n) is 4.18. The number of carboxylic acids is 1. The molecule has 4 heteroatoms. The van der Waals surface area contributed by atoms with E-state index in [2.05, 4.69) is 17.1 Å². The average molecular weight is 290 g/mol. The van der Waals surface area contributed by atoms with E-state index >= 15 is 0 Å². The Bertz CT molecular complexity index is 454. The summed E-state index contributed by atoms with van der Waals surface area (Å²) in [4.78, 5) is 13.5. The normalized spacial score (nSPS) is 17.0. The van der Waals surface area contributed by atoms with E-state index < -0.39 is 5.97 Å². The number of nitrogens with one attached hydrogen (secondary N) is 1. The summed E-state index contributed by atoms with van der Waals surface area (Å²) in [5.41, 5.74) is 1.41. The van der Waals surface area contributed by atoms with Gasteiger partial charge >= 0.3 is 5.97 Å². The van der Waals surface area contributed by atoms with Crippen molar-refractivity contribution in [3.63, 3.8) is 0 Å². The van der Waals surface area contributed by atoms with Crippen LogP contribution < -0.4 is 5.32 Å². The molecule has 1 aliphatic rings. The minimum atomic E-state index is -0.860. The molecule has 1 aromatic rings. The van der Waals surface area contributed by atoms with E-state index in [0.29, 0.717) is 11.6 Å². The van der Waals surface area contributed by atoms with Crippen molar-refractivity contribution in [2.45, 2.75) is 45.2 Å². The quantitative estimate of drug-likeness (QED) is 0.811. The lowest BCUT2D eigenvalue weighted by atomic mass is 10.0. The molecule has 1 saturated heterocycles. The molecule has 1 fully saturated rings. The molecule has 1 aliphatic heterocycles. The first-order valence-corrected chi connectivity index (χ1v) is 7.97. The van der Waals surface area contributed by atoms with Gasteiger partial charge in [-0.25, -0.2) is 4.79 Å². The van der Waals surface area contributed by atoms with Gasteiger partial charge in [0, 0.05) is 12.6 Å². The summed E-state index contributed by atoms with van der Waals surface area (Å²) in [6.45, 7) is 6.56. The fourth-order valence-electron chi connectivity index (χ4n) is 2.82. The summed E-state index contributed by atoms with van der Waals surface area (Å²) in [5, 5.41) is 12.6. The van der Waals surface area contributed by atoms with Crippen LogP contribution in [0.4, 0.5) is 0 Å². The van der Waals surface area contributed by atoms with Gasteiger partial charge in [-0.15, -0.1) is 0 Å². The van der Waals surface area contributed by atoms with Crippen molar-refractivity contribution >= 4 is 5.97 Å². The molecule has 1 heterocycles. The van der Waals surface area contributed by atoms with Crippen LogP contribution in [0.2, 0.25) is 0 Å². The van der Waals surface area contributed by atoms with Crippen molar-refractivity contribution in [2.75, 3.05) is 19.6 Å². The first-order chi connectivity index (χ1) is 10.2. The highest BCUT2D eigenvalue weighted by Crippen LogP contribution is 2.12. The molecule has 1 aromatic carbocycles. The molecule has 0 amide bonds. The Morgan fingerprint density at radius 2 is 2.14 bits per heavy atom. The molecule has 0 spiro atoms. The summed E-state index contributed by atoms with van der Waals surface area (Å²) in [6, 6.07) is 7.74. The van der Waals surface area contributed by atoms with Crippen molar-refractivity contribution in [2.24, 2.45) is 0 Å². The molecule has 0 bridgehead atoms. The van der Waals surface area contributed by atoms with Gasteiger partial charge in [0.15, 0.2) is 0 Å². The van der Waals surface area contributed by atoms with Gasteiger partial charge in [-0.05, 0) is 56.6 Å². The van der Waals surface area contributed by atoms with Crippen molar-refractivity contribution in [3.05, 3.63) is 35.4 Å². The smallest absolute Gasteiger partial charge is 0.335 e.